The average Bonchev–Trinajstić information content (AvgIpc) is 2.15. The van der Waals surface area contributed by atoms with E-state index in [-0.39, 0.29) is 37.2 Å². The van der Waals surface area contributed by atoms with E-state index in [2.05, 4.69) is 5.32 Å². The highest BCUT2D eigenvalue weighted by molar-refractivity contribution is 5.84. The molecule has 0 saturated carbocycles. The van der Waals surface area contributed by atoms with Crippen LogP contribution in [0.25, 0.3) is 0 Å². The molecule has 0 aliphatic heterocycles. The van der Waals surface area contributed by atoms with E-state index in [1.807, 2.05) is 13.8 Å². The largest absolute Gasteiger partial charge is 0.481 e. The highest BCUT2D eigenvalue weighted by Crippen LogP contribution is 1.99. The van der Waals surface area contributed by atoms with Crippen molar-refractivity contribution in [2.45, 2.75) is 39.2 Å². The Bertz CT molecular complexity index is 289. The van der Waals surface area contributed by atoms with E-state index in [1.54, 1.807) is 0 Å². The van der Waals surface area contributed by atoms with Crippen molar-refractivity contribution in [1.82, 2.24) is 10.2 Å². The van der Waals surface area contributed by atoms with Crippen LogP contribution in [0.2, 0.25) is 0 Å². The molecule has 0 saturated heterocycles. The van der Waals surface area contributed by atoms with E-state index in [0.29, 0.717) is 6.42 Å². The van der Waals surface area contributed by atoms with Crippen molar-refractivity contribution in [1.29, 1.82) is 0 Å². The predicted molar refractivity (Wildman–Crippen MR) is 62.4 cm³/mol. The first-order valence-corrected chi connectivity index (χ1v) is 5.58. The van der Waals surface area contributed by atoms with Crippen molar-refractivity contribution < 1.29 is 19.5 Å². The zero-order chi connectivity index (χ0) is 13.4. The fourth-order valence-electron chi connectivity index (χ4n) is 1.25. The molecule has 17 heavy (non-hydrogen) atoms. The zero-order valence-corrected chi connectivity index (χ0v) is 10.5. The Kier molecular flexibility index (Phi) is 6.93. The van der Waals surface area contributed by atoms with Gasteiger partial charge in [0.05, 0.1) is 6.54 Å². The molecule has 0 aromatic carbocycles. The third-order valence-electron chi connectivity index (χ3n) is 2.04. The van der Waals surface area contributed by atoms with Crippen LogP contribution in [0.4, 0.5) is 0 Å². The Morgan fingerprint density at radius 1 is 1.24 bits per heavy atom. The fourth-order valence-corrected chi connectivity index (χ4v) is 1.25. The molecule has 0 fully saturated rings. The van der Waals surface area contributed by atoms with E-state index in [4.69, 9.17) is 5.11 Å². The molecule has 0 aliphatic carbocycles. The number of hydrogen-bond donors (Lipinski definition) is 2. The van der Waals surface area contributed by atoms with Crippen molar-refractivity contribution in [3.63, 3.8) is 0 Å². The van der Waals surface area contributed by atoms with Crippen molar-refractivity contribution >= 4 is 17.8 Å². The first-order valence-electron chi connectivity index (χ1n) is 5.58. The lowest BCUT2D eigenvalue weighted by atomic mass is 10.2. The molecule has 0 aliphatic rings. The molecule has 0 aromatic rings. The van der Waals surface area contributed by atoms with Gasteiger partial charge in [-0.05, 0) is 20.3 Å². The molecule has 2 amide bonds. The number of nitrogens with one attached hydrogen (secondary N) is 1. The molecule has 0 rings (SSSR count). The van der Waals surface area contributed by atoms with Gasteiger partial charge < -0.3 is 15.3 Å². The smallest absolute Gasteiger partial charge is 0.303 e. The van der Waals surface area contributed by atoms with Crippen molar-refractivity contribution in [3.05, 3.63) is 0 Å². The lowest BCUT2D eigenvalue weighted by molar-refractivity contribution is -0.138. The van der Waals surface area contributed by atoms with Gasteiger partial charge in [0.15, 0.2) is 0 Å². The van der Waals surface area contributed by atoms with Crippen molar-refractivity contribution in [3.8, 4) is 0 Å². The highest BCUT2D eigenvalue weighted by Gasteiger charge is 2.13. The summed E-state index contributed by atoms with van der Waals surface area (Å²) < 4.78 is 0. The second kappa shape index (κ2) is 7.65. The van der Waals surface area contributed by atoms with Gasteiger partial charge in [-0.3, -0.25) is 14.4 Å². The fraction of sp³-hybridized carbons (Fsp3) is 0.727. The number of carbonyl (C=O) groups is 3. The minimum Gasteiger partial charge on any atom is -0.481 e. The summed E-state index contributed by atoms with van der Waals surface area (Å²) in [5, 5.41) is 11.1. The zero-order valence-electron chi connectivity index (χ0n) is 10.5. The van der Waals surface area contributed by atoms with E-state index in [1.165, 1.54) is 11.9 Å². The number of hydrogen-bond acceptors (Lipinski definition) is 3. The Labute approximate surface area is 101 Å². The van der Waals surface area contributed by atoms with Crippen LogP contribution in [-0.2, 0) is 14.4 Å². The van der Waals surface area contributed by atoms with Gasteiger partial charge in [-0.15, -0.1) is 0 Å². The number of carboxylic acid groups (broad SMARTS) is 1. The lowest BCUT2D eigenvalue weighted by Crippen LogP contribution is -2.40. The number of likely N-dealkylation sites (N-methyl/N-ethyl adjacent to an activating group) is 1. The van der Waals surface area contributed by atoms with Gasteiger partial charge in [-0.2, -0.15) is 0 Å². The van der Waals surface area contributed by atoms with Crippen LogP contribution in [0.3, 0.4) is 0 Å². The van der Waals surface area contributed by atoms with Gasteiger partial charge in [0, 0.05) is 25.9 Å². The summed E-state index contributed by atoms with van der Waals surface area (Å²) in [5.74, 6) is -1.35. The summed E-state index contributed by atoms with van der Waals surface area (Å²) in [6, 6.07) is 0.0398. The van der Waals surface area contributed by atoms with E-state index in [0.717, 1.165) is 0 Å². The van der Waals surface area contributed by atoms with Crippen molar-refractivity contribution in [2.24, 2.45) is 0 Å². The SMILES string of the molecule is CC(C)NC(=O)CN(C)C(=O)CCCC(=O)O. The monoisotopic (exact) mass is 244 g/mol. The van der Waals surface area contributed by atoms with Gasteiger partial charge in [0.25, 0.3) is 0 Å². The maximum absolute atomic E-state index is 11.5. The highest BCUT2D eigenvalue weighted by atomic mass is 16.4. The third-order valence-corrected chi connectivity index (χ3v) is 2.04. The van der Waals surface area contributed by atoms with Crippen LogP contribution in [0.15, 0.2) is 0 Å². The molecule has 98 valence electrons. The number of nitrogens with zero attached hydrogens (tertiary/aromatic N) is 1. The maximum atomic E-state index is 11.5. The van der Waals surface area contributed by atoms with Crippen LogP contribution in [0.1, 0.15) is 33.1 Å². The first kappa shape index (κ1) is 15.4. The summed E-state index contributed by atoms with van der Waals surface area (Å²) in [7, 11) is 1.53. The summed E-state index contributed by atoms with van der Waals surface area (Å²) in [5.41, 5.74) is 0. The molecule has 0 radical (unpaired) electrons. The summed E-state index contributed by atoms with van der Waals surface area (Å²) in [6.45, 7) is 3.68. The Morgan fingerprint density at radius 2 is 1.82 bits per heavy atom. The number of rotatable bonds is 7. The normalized spacial score (nSPS) is 10.1. The molecular weight excluding hydrogens is 224 g/mol. The van der Waals surface area contributed by atoms with Crippen molar-refractivity contribution in [2.75, 3.05) is 13.6 Å². The molecular formula is C11H20N2O4. The number of amides is 2. The Morgan fingerprint density at radius 3 is 2.29 bits per heavy atom. The van der Waals surface area contributed by atoms with Gasteiger partial charge in [0.1, 0.15) is 0 Å². The molecule has 0 bridgehead atoms. The van der Waals surface area contributed by atoms with E-state index >= 15 is 0 Å². The molecule has 0 aromatic heterocycles. The maximum Gasteiger partial charge on any atom is 0.303 e. The third kappa shape index (κ3) is 8.24. The lowest BCUT2D eigenvalue weighted by Gasteiger charge is -2.17. The van der Waals surface area contributed by atoms with Crippen LogP contribution < -0.4 is 5.32 Å². The first-order chi connectivity index (χ1) is 7.82. The average molecular weight is 244 g/mol. The molecule has 0 atom stereocenters. The number of carboxylic acids is 1. The van der Waals surface area contributed by atoms with Crippen LogP contribution in [-0.4, -0.2) is 47.4 Å². The number of aliphatic carboxylic acids is 1. The number of carbonyl (C=O) groups excluding carboxylic acids is 2. The molecule has 6 nitrogen and oxygen atoms in total. The van der Waals surface area contributed by atoms with Crippen LogP contribution in [0.5, 0.6) is 0 Å². The minimum absolute atomic E-state index is 0.00405. The van der Waals surface area contributed by atoms with Gasteiger partial charge in [-0.1, -0.05) is 0 Å². The standard InChI is InChI=1S/C11H20N2O4/c1-8(2)12-9(14)7-13(3)10(15)5-4-6-11(16)17/h8H,4-7H2,1-3H3,(H,12,14)(H,16,17). The topological polar surface area (TPSA) is 86.7 Å². The molecule has 6 heteroatoms. The van der Waals surface area contributed by atoms with Gasteiger partial charge in [-0.25, -0.2) is 0 Å². The predicted octanol–water partition coefficient (Wildman–Crippen LogP) is 0.224. The van der Waals surface area contributed by atoms with E-state index in [9.17, 15) is 14.4 Å². The summed E-state index contributed by atoms with van der Waals surface area (Å²) in [4.78, 5) is 34.4. The molecule has 2 N–H and O–H groups in total. The quantitative estimate of drug-likeness (QED) is 0.671. The second-order valence-electron chi connectivity index (χ2n) is 4.22. The molecule has 0 spiro atoms. The van der Waals surface area contributed by atoms with Crippen LogP contribution in [0, 0.1) is 0 Å². The van der Waals surface area contributed by atoms with Gasteiger partial charge in [0.2, 0.25) is 11.8 Å². The van der Waals surface area contributed by atoms with Gasteiger partial charge >= 0.3 is 5.97 Å². The van der Waals surface area contributed by atoms with Crippen LogP contribution >= 0.6 is 0 Å². The Hall–Kier alpha value is -1.59. The summed E-state index contributed by atoms with van der Waals surface area (Å²) >= 11 is 0. The minimum atomic E-state index is -0.919. The molecule has 0 heterocycles. The molecule has 0 unspecified atom stereocenters. The van der Waals surface area contributed by atoms with E-state index < -0.39 is 5.97 Å². The second-order valence-corrected chi connectivity index (χ2v) is 4.22. The summed E-state index contributed by atoms with van der Waals surface area (Å²) in [6.07, 6.45) is 0.417. The Balaban J connectivity index is 3.88.